The van der Waals surface area contributed by atoms with E-state index < -0.39 is 17.5 Å². The number of aromatic nitrogens is 2. The molecule has 2 aromatic heterocycles. The standard InChI is InChI=1S/C17H17ClF3N3O/c18-13-8-14(15(23-11-13)17(19,20)21)24-6-3-16(25,4-7-24)9-12-2-1-5-22-10-12/h1-2,5,8,10-11,25H,3-4,6-7,9H2. The maximum Gasteiger partial charge on any atom is 0.435 e. The van der Waals surface area contributed by atoms with Gasteiger partial charge in [0, 0.05) is 38.1 Å². The molecule has 0 aliphatic carbocycles. The summed E-state index contributed by atoms with van der Waals surface area (Å²) in [4.78, 5) is 9.06. The van der Waals surface area contributed by atoms with Crippen molar-refractivity contribution in [2.24, 2.45) is 0 Å². The molecular formula is C17H17ClF3N3O. The van der Waals surface area contributed by atoms with Gasteiger partial charge in [-0.3, -0.25) is 4.98 Å². The molecule has 1 aliphatic heterocycles. The molecule has 25 heavy (non-hydrogen) atoms. The number of nitrogens with zero attached hydrogens (tertiary/aromatic N) is 3. The molecule has 0 aromatic carbocycles. The summed E-state index contributed by atoms with van der Waals surface area (Å²) in [5.41, 5.74) is -1.04. The van der Waals surface area contributed by atoms with Crippen LogP contribution in [-0.4, -0.2) is 33.8 Å². The summed E-state index contributed by atoms with van der Waals surface area (Å²) in [5.74, 6) is 0. The van der Waals surface area contributed by atoms with Crippen LogP contribution in [0.3, 0.4) is 0 Å². The Morgan fingerprint density at radius 1 is 1.24 bits per heavy atom. The van der Waals surface area contributed by atoms with Crippen molar-refractivity contribution in [3.05, 3.63) is 53.1 Å². The number of pyridine rings is 2. The highest BCUT2D eigenvalue weighted by atomic mass is 35.5. The van der Waals surface area contributed by atoms with Crippen LogP contribution in [0.4, 0.5) is 18.9 Å². The lowest BCUT2D eigenvalue weighted by molar-refractivity contribution is -0.140. The first-order valence-electron chi connectivity index (χ1n) is 7.86. The van der Waals surface area contributed by atoms with Crippen molar-refractivity contribution in [2.45, 2.75) is 31.0 Å². The van der Waals surface area contributed by atoms with E-state index in [2.05, 4.69) is 9.97 Å². The zero-order valence-electron chi connectivity index (χ0n) is 13.3. The fourth-order valence-corrected chi connectivity index (χ4v) is 3.26. The molecule has 1 N–H and O–H groups in total. The third-order valence-electron chi connectivity index (χ3n) is 4.39. The quantitative estimate of drug-likeness (QED) is 0.893. The molecule has 0 bridgehead atoms. The largest absolute Gasteiger partial charge is 0.435 e. The molecule has 134 valence electrons. The minimum Gasteiger partial charge on any atom is -0.389 e. The summed E-state index contributed by atoms with van der Waals surface area (Å²) < 4.78 is 39.6. The van der Waals surface area contributed by atoms with Crippen molar-refractivity contribution >= 4 is 17.3 Å². The van der Waals surface area contributed by atoms with E-state index in [-0.39, 0.29) is 10.7 Å². The van der Waals surface area contributed by atoms with E-state index in [9.17, 15) is 18.3 Å². The first-order chi connectivity index (χ1) is 11.8. The molecule has 2 aromatic rings. The van der Waals surface area contributed by atoms with E-state index >= 15 is 0 Å². The topological polar surface area (TPSA) is 49.3 Å². The van der Waals surface area contributed by atoms with Crippen LogP contribution in [0.25, 0.3) is 0 Å². The van der Waals surface area contributed by atoms with Crippen molar-refractivity contribution in [3.8, 4) is 0 Å². The van der Waals surface area contributed by atoms with E-state index in [1.807, 2.05) is 6.07 Å². The average molecular weight is 372 g/mol. The molecule has 0 amide bonds. The van der Waals surface area contributed by atoms with E-state index in [0.29, 0.717) is 32.4 Å². The Bertz CT molecular complexity index is 732. The number of rotatable bonds is 3. The van der Waals surface area contributed by atoms with Gasteiger partial charge in [0.25, 0.3) is 0 Å². The normalized spacial score (nSPS) is 17.6. The second-order valence-electron chi connectivity index (χ2n) is 6.27. The Morgan fingerprint density at radius 3 is 2.56 bits per heavy atom. The minimum absolute atomic E-state index is 0.0385. The first-order valence-corrected chi connectivity index (χ1v) is 8.24. The molecular weight excluding hydrogens is 355 g/mol. The van der Waals surface area contributed by atoms with Gasteiger partial charge in [-0.25, -0.2) is 4.98 Å². The van der Waals surface area contributed by atoms with Gasteiger partial charge in [0.15, 0.2) is 5.69 Å². The average Bonchev–Trinajstić information content (AvgIpc) is 2.55. The molecule has 3 heterocycles. The minimum atomic E-state index is -4.55. The molecule has 0 saturated carbocycles. The zero-order chi connectivity index (χ0) is 18.1. The summed E-state index contributed by atoms with van der Waals surface area (Å²) in [6.07, 6.45) is 0.917. The van der Waals surface area contributed by atoms with Gasteiger partial charge in [0.05, 0.1) is 16.3 Å². The van der Waals surface area contributed by atoms with Gasteiger partial charge < -0.3 is 10.0 Å². The summed E-state index contributed by atoms with van der Waals surface area (Å²) in [6, 6.07) is 4.95. The maximum absolute atomic E-state index is 13.2. The Hall–Kier alpha value is -1.86. The van der Waals surface area contributed by atoms with Crippen LogP contribution in [0.1, 0.15) is 24.1 Å². The van der Waals surface area contributed by atoms with Gasteiger partial charge in [-0.1, -0.05) is 17.7 Å². The summed E-state index contributed by atoms with van der Waals surface area (Å²) in [6.45, 7) is 0.587. The molecule has 1 fully saturated rings. The number of aliphatic hydroxyl groups is 1. The molecule has 3 rings (SSSR count). The monoisotopic (exact) mass is 371 g/mol. The van der Waals surface area contributed by atoms with Gasteiger partial charge in [-0.15, -0.1) is 0 Å². The Kier molecular flexibility index (Phi) is 4.88. The zero-order valence-corrected chi connectivity index (χ0v) is 14.1. The molecule has 1 saturated heterocycles. The SMILES string of the molecule is OC1(Cc2cccnc2)CCN(c2cc(Cl)cnc2C(F)(F)F)CC1. The van der Waals surface area contributed by atoms with Crippen molar-refractivity contribution < 1.29 is 18.3 Å². The van der Waals surface area contributed by atoms with E-state index in [0.717, 1.165) is 11.8 Å². The predicted molar refractivity (Wildman–Crippen MR) is 88.6 cm³/mol. The lowest BCUT2D eigenvalue weighted by atomic mass is 9.85. The highest BCUT2D eigenvalue weighted by Gasteiger charge is 2.39. The van der Waals surface area contributed by atoms with Crippen molar-refractivity contribution in [3.63, 3.8) is 0 Å². The summed E-state index contributed by atoms with van der Waals surface area (Å²) >= 11 is 5.84. The van der Waals surface area contributed by atoms with Gasteiger partial charge >= 0.3 is 6.18 Å². The van der Waals surface area contributed by atoms with Crippen LogP contribution in [0.15, 0.2) is 36.8 Å². The van der Waals surface area contributed by atoms with E-state index in [4.69, 9.17) is 11.6 Å². The predicted octanol–water partition coefficient (Wildman–Crippen LogP) is 3.72. The maximum atomic E-state index is 13.2. The van der Waals surface area contributed by atoms with E-state index in [1.165, 1.54) is 6.07 Å². The van der Waals surface area contributed by atoms with Crippen molar-refractivity contribution in [1.82, 2.24) is 9.97 Å². The van der Waals surface area contributed by atoms with Gasteiger partial charge in [0.1, 0.15) is 0 Å². The molecule has 8 heteroatoms. The summed E-state index contributed by atoms with van der Waals surface area (Å²) in [7, 11) is 0. The fraction of sp³-hybridized carbons (Fsp3) is 0.412. The number of anilines is 1. The summed E-state index contributed by atoms with van der Waals surface area (Å²) in [5, 5.41) is 10.9. The number of halogens is 4. The van der Waals surface area contributed by atoms with E-state index in [1.54, 1.807) is 23.4 Å². The number of piperidine rings is 1. The van der Waals surface area contributed by atoms with Crippen LogP contribution in [0, 0.1) is 0 Å². The second-order valence-corrected chi connectivity index (χ2v) is 6.70. The number of alkyl halides is 3. The first kappa shape index (κ1) is 17.9. The lowest BCUT2D eigenvalue weighted by Crippen LogP contribution is -2.46. The van der Waals surface area contributed by atoms with Crippen LogP contribution in [0.5, 0.6) is 0 Å². The molecule has 0 unspecified atom stereocenters. The highest BCUT2D eigenvalue weighted by molar-refractivity contribution is 6.30. The molecule has 0 atom stereocenters. The molecule has 1 aliphatic rings. The highest BCUT2D eigenvalue weighted by Crippen LogP contribution is 2.38. The Labute approximate surface area is 148 Å². The Morgan fingerprint density at radius 2 is 1.96 bits per heavy atom. The molecule has 0 radical (unpaired) electrons. The van der Waals surface area contributed by atoms with Crippen LogP contribution in [-0.2, 0) is 12.6 Å². The van der Waals surface area contributed by atoms with Gasteiger partial charge in [-0.2, -0.15) is 13.2 Å². The third kappa shape index (κ3) is 4.22. The Balaban J connectivity index is 1.75. The van der Waals surface area contributed by atoms with Crippen LogP contribution >= 0.6 is 11.6 Å². The second kappa shape index (κ2) is 6.80. The van der Waals surface area contributed by atoms with Crippen LogP contribution < -0.4 is 4.90 Å². The fourth-order valence-electron chi connectivity index (χ4n) is 3.11. The number of hydrogen-bond donors (Lipinski definition) is 1. The van der Waals surface area contributed by atoms with Crippen molar-refractivity contribution in [2.75, 3.05) is 18.0 Å². The molecule has 4 nitrogen and oxygen atoms in total. The lowest BCUT2D eigenvalue weighted by Gasteiger charge is -2.40. The molecule has 0 spiro atoms. The van der Waals surface area contributed by atoms with Crippen molar-refractivity contribution in [1.29, 1.82) is 0 Å². The number of hydrogen-bond acceptors (Lipinski definition) is 4. The third-order valence-corrected chi connectivity index (χ3v) is 4.60. The smallest absolute Gasteiger partial charge is 0.389 e. The van der Waals surface area contributed by atoms with Gasteiger partial charge in [-0.05, 0) is 30.5 Å². The van der Waals surface area contributed by atoms with Crippen LogP contribution in [0.2, 0.25) is 5.02 Å². The van der Waals surface area contributed by atoms with Gasteiger partial charge in [0.2, 0.25) is 0 Å².